The van der Waals surface area contributed by atoms with Gasteiger partial charge in [-0.15, -0.1) is 11.3 Å². The van der Waals surface area contributed by atoms with Crippen molar-refractivity contribution in [3.05, 3.63) is 16.6 Å². The van der Waals surface area contributed by atoms with Crippen LogP contribution in [0.2, 0.25) is 0 Å². The number of aliphatic hydroxyl groups is 1. The van der Waals surface area contributed by atoms with E-state index in [-0.39, 0.29) is 0 Å². The van der Waals surface area contributed by atoms with Gasteiger partial charge in [-0.25, -0.2) is 4.98 Å². The van der Waals surface area contributed by atoms with E-state index in [0.717, 1.165) is 25.7 Å². The summed E-state index contributed by atoms with van der Waals surface area (Å²) in [5.41, 5.74) is -0.622. The molecule has 0 aliphatic heterocycles. The summed E-state index contributed by atoms with van der Waals surface area (Å²) in [6, 6.07) is 2.38. The third kappa shape index (κ3) is 2.43. The average molecular weight is 264 g/mol. The van der Waals surface area contributed by atoms with Crippen LogP contribution in [-0.4, -0.2) is 10.1 Å². The van der Waals surface area contributed by atoms with E-state index in [1.807, 2.05) is 5.38 Å². The lowest BCUT2D eigenvalue weighted by molar-refractivity contribution is 0.0189. The summed E-state index contributed by atoms with van der Waals surface area (Å²) in [6.07, 6.45) is 4.60. The second-order valence-corrected chi connectivity index (χ2v) is 6.55. The molecule has 1 aliphatic rings. The van der Waals surface area contributed by atoms with Gasteiger partial charge in [0.1, 0.15) is 11.1 Å². The van der Waals surface area contributed by atoms with Crippen molar-refractivity contribution in [1.82, 2.24) is 4.98 Å². The Morgan fingerprint density at radius 2 is 2.17 bits per heavy atom. The van der Waals surface area contributed by atoms with Crippen LogP contribution in [0.5, 0.6) is 0 Å². The summed E-state index contributed by atoms with van der Waals surface area (Å²) >= 11 is 1.43. The predicted molar refractivity (Wildman–Crippen MR) is 71.9 cm³/mol. The first-order valence-electron chi connectivity index (χ1n) is 6.58. The van der Waals surface area contributed by atoms with E-state index < -0.39 is 11.5 Å². The molecule has 18 heavy (non-hydrogen) atoms. The Bertz CT molecular complexity index is 414. The Morgan fingerprint density at radius 3 is 2.61 bits per heavy atom. The molecule has 0 aromatic carbocycles. The summed E-state index contributed by atoms with van der Waals surface area (Å²) in [5, 5.41) is 22.5. The van der Waals surface area contributed by atoms with Crippen LogP contribution in [0.1, 0.15) is 50.6 Å². The molecule has 1 fully saturated rings. The molecule has 1 aliphatic carbocycles. The van der Waals surface area contributed by atoms with Crippen molar-refractivity contribution in [2.45, 2.75) is 45.6 Å². The van der Waals surface area contributed by atoms with Crippen molar-refractivity contribution in [2.75, 3.05) is 0 Å². The molecule has 98 valence electrons. The molecule has 4 heteroatoms. The quantitative estimate of drug-likeness (QED) is 0.908. The Kier molecular flexibility index (Phi) is 4.04. The van der Waals surface area contributed by atoms with Crippen molar-refractivity contribution in [2.24, 2.45) is 17.3 Å². The fourth-order valence-electron chi connectivity index (χ4n) is 2.87. The average Bonchev–Trinajstić information content (AvgIpc) is 2.91. The minimum absolute atomic E-state index is 0.622. The first kappa shape index (κ1) is 13.5. The van der Waals surface area contributed by atoms with Crippen molar-refractivity contribution >= 4 is 11.3 Å². The van der Waals surface area contributed by atoms with E-state index in [1.54, 1.807) is 6.20 Å². The number of nitriles is 1. The van der Waals surface area contributed by atoms with E-state index in [2.05, 4.69) is 24.9 Å². The minimum atomic E-state index is -0.726. The number of thiazole rings is 1. The second-order valence-electron chi connectivity index (χ2n) is 5.62. The van der Waals surface area contributed by atoms with Crippen LogP contribution < -0.4 is 0 Å². The molecule has 0 bridgehead atoms. The molecule has 2 rings (SSSR count). The summed E-state index contributed by atoms with van der Waals surface area (Å²) in [5.74, 6) is 1.36. The highest BCUT2D eigenvalue weighted by molar-refractivity contribution is 7.09. The number of hydrogen-bond donors (Lipinski definition) is 1. The van der Waals surface area contributed by atoms with Crippen LogP contribution in [0.25, 0.3) is 0 Å². The molecule has 1 unspecified atom stereocenters. The van der Waals surface area contributed by atoms with Gasteiger partial charge in [0.2, 0.25) is 0 Å². The summed E-state index contributed by atoms with van der Waals surface area (Å²) < 4.78 is 0. The van der Waals surface area contributed by atoms with Gasteiger partial charge in [0.05, 0.1) is 11.5 Å². The number of rotatable bonds is 3. The molecule has 1 atom stereocenters. The third-order valence-electron chi connectivity index (χ3n) is 4.30. The highest BCUT2D eigenvalue weighted by Crippen LogP contribution is 2.48. The second kappa shape index (κ2) is 5.38. The fourth-order valence-corrected chi connectivity index (χ4v) is 3.61. The van der Waals surface area contributed by atoms with Gasteiger partial charge in [-0.1, -0.05) is 13.8 Å². The standard InChI is InChI=1S/C14H20N2OS/c1-10(2)11-3-5-14(9-15,6-4-11)12(17)13-16-7-8-18-13/h7-8,10-12,17H,3-6H2,1-2H3. The number of aliphatic hydroxyl groups excluding tert-OH is 1. The smallest absolute Gasteiger partial charge is 0.124 e. The molecule has 1 aromatic heterocycles. The number of hydrogen-bond acceptors (Lipinski definition) is 4. The van der Waals surface area contributed by atoms with Crippen LogP contribution >= 0.6 is 11.3 Å². The van der Waals surface area contributed by atoms with Crippen molar-refractivity contribution in [1.29, 1.82) is 5.26 Å². The van der Waals surface area contributed by atoms with Crippen molar-refractivity contribution in [3.8, 4) is 6.07 Å². The third-order valence-corrected chi connectivity index (χ3v) is 5.12. The van der Waals surface area contributed by atoms with Gasteiger partial charge in [-0.2, -0.15) is 5.26 Å². The van der Waals surface area contributed by atoms with Gasteiger partial charge >= 0.3 is 0 Å². The zero-order valence-corrected chi connectivity index (χ0v) is 11.8. The molecular weight excluding hydrogens is 244 g/mol. The maximum atomic E-state index is 10.4. The van der Waals surface area contributed by atoms with Gasteiger partial charge in [-0.05, 0) is 37.5 Å². The zero-order chi connectivity index (χ0) is 13.2. The molecule has 0 saturated heterocycles. The van der Waals surface area contributed by atoms with E-state index in [9.17, 15) is 10.4 Å². The van der Waals surface area contributed by atoms with E-state index in [4.69, 9.17) is 0 Å². The Morgan fingerprint density at radius 1 is 1.50 bits per heavy atom. The first-order valence-corrected chi connectivity index (χ1v) is 7.46. The maximum Gasteiger partial charge on any atom is 0.124 e. The molecule has 0 spiro atoms. The number of nitrogens with zero attached hydrogens (tertiary/aromatic N) is 2. The minimum Gasteiger partial charge on any atom is -0.384 e. The maximum absolute atomic E-state index is 10.4. The van der Waals surface area contributed by atoms with Crippen molar-refractivity contribution < 1.29 is 5.11 Å². The number of aromatic nitrogens is 1. The topological polar surface area (TPSA) is 56.9 Å². The molecule has 0 radical (unpaired) electrons. The Hall–Kier alpha value is -0.920. The van der Waals surface area contributed by atoms with Crippen LogP contribution in [0.15, 0.2) is 11.6 Å². The highest BCUT2D eigenvalue weighted by atomic mass is 32.1. The summed E-state index contributed by atoms with van der Waals surface area (Å²) in [4.78, 5) is 4.16. The highest BCUT2D eigenvalue weighted by Gasteiger charge is 2.43. The lowest BCUT2D eigenvalue weighted by Crippen LogP contribution is -2.33. The zero-order valence-electron chi connectivity index (χ0n) is 11.0. The van der Waals surface area contributed by atoms with Gasteiger partial charge in [0, 0.05) is 11.6 Å². The molecular formula is C14H20N2OS. The van der Waals surface area contributed by atoms with Crippen LogP contribution in [0, 0.1) is 28.6 Å². The van der Waals surface area contributed by atoms with Crippen LogP contribution in [0.3, 0.4) is 0 Å². The first-order chi connectivity index (χ1) is 8.59. The van der Waals surface area contributed by atoms with Gasteiger partial charge < -0.3 is 5.11 Å². The van der Waals surface area contributed by atoms with E-state index in [1.165, 1.54) is 11.3 Å². The monoisotopic (exact) mass is 264 g/mol. The van der Waals surface area contributed by atoms with Gasteiger partial charge in [-0.3, -0.25) is 0 Å². The van der Waals surface area contributed by atoms with Gasteiger partial charge in [0.15, 0.2) is 0 Å². The van der Waals surface area contributed by atoms with E-state index in [0.29, 0.717) is 16.8 Å². The van der Waals surface area contributed by atoms with Crippen LogP contribution in [0.4, 0.5) is 0 Å². The van der Waals surface area contributed by atoms with Crippen molar-refractivity contribution in [3.63, 3.8) is 0 Å². The predicted octanol–water partition coefficient (Wildman–Crippen LogP) is 3.53. The molecule has 3 nitrogen and oxygen atoms in total. The SMILES string of the molecule is CC(C)C1CCC(C#N)(C(O)c2nccs2)CC1. The lowest BCUT2D eigenvalue weighted by atomic mass is 9.66. The Labute approximate surface area is 112 Å². The summed E-state index contributed by atoms with van der Waals surface area (Å²) in [7, 11) is 0. The fraction of sp³-hybridized carbons (Fsp3) is 0.714. The van der Waals surface area contributed by atoms with E-state index >= 15 is 0 Å². The lowest BCUT2D eigenvalue weighted by Gasteiger charge is -2.38. The Balaban J connectivity index is 2.12. The summed E-state index contributed by atoms with van der Waals surface area (Å²) in [6.45, 7) is 4.47. The molecule has 1 N–H and O–H groups in total. The largest absolute Gasteiger partial charge is 0.384 e. The van der Waals surface area contributed by atoms with Crippen LogP contribution in [-0.2, 0) is 0 Å². The molecule has 1 aromatic rings. The molecule has 1 saturated carbocycles. The molecule has 0 amide bonds. The van der Waals surface area contributed by atoms with Gasteiger partial charge in [0.25, 0.3) is 0 Å². The normalized spacial score (nSPS) is 30.1. The molecule has 1 heterocycles.